The fraction of sp³-hybridized carbons (Fsp3) is 0.786. The van der Waals surface area contributed by atoms with E-state index < -0.39 is 14.5 Å². The van der Waals surface area contributed by atoms with Gasteiger partial charge in [-0.05, 0) is 25.3 Å². The van der Waals surface area contributed by atoms with E-state index in [9.17, 15) is 4.79 Å². The molecule has 0 aromatic heterocycles. The SMILES string of the molecule is C=CC(=O)OC(CC)[Si](CC)(OCCC)OCCC. The molecule has 19 heavy (non-hydrogen) atoms. The van der Waals surface area contributed by atoms with Crippen molar-refractivity contribution in [2.75, 3.05) is 13.2 Å². The molecule has 1 atom stereocenters. The number of rotatable bonds is 11. The van der Waals surface area contributed by atoms with Gasteiger partial charge in [-0.3, -0.25) is 0 Å². The molecule has 0 saturated carbocycles. The van der Waals surface area contributed by atoms with Crippen molar-refractivity contribution in [1.82, 2.24) is 0 Å². The van der Waals surface area contributed by atoms with Gasteiger partial charge in [-0.1, -0.05) is 34.3 Å². The quantitative estimate of drug-likeness (QED) is 0.332. The lowest BCUT2D eigenvalue weighted by atomic mass is 10.5. The predicted octanol–water partition coefficient (Wildman–Crippen LogP) is 3.35. The molecule has 0 aliphatic rings. The molecule has 1 unspecified atom stereocenters. The summed E-state index contributed by atoms with van der Waals surface area (Å²) in [4.78, 5) is 11.5. The second kappa shape index (κ2) is 10.2. The third kappa shape index (κ3) is 5.89. The van der Waals surface area contributed by atoms with E-state index in [0.717, 1.165) is 18.9 Å². The van der Waals surface area contributed by atoms with Crippen molar-refractivity contribution in [2.45, 2.75) is 58.7 Å². The van der Waals surface area contributed by atoms with Crippen molar-refractivity contribution < 1.29 is 18.4 Å². The van der Waals surface area contributed by atoms with E-state index >= 15 is 0 Å². The summed E-state index contributed by atoms with van der Waals surface area (Å²) in [5, 5.41) is 0. The molecule has 0 bridgehead atoms. The molecule has 4 nitrogen and oxygen atoms in total. The van der Waals surface area contributed by atoms with Gasteiger partial charge in [0.25, 0.3) is 0 Å². The van der Waals surface area contributed by atoms with E-state index in [4.69, 9.17) is 13.6 Å². The summed E-state index contributed by atoms with van der Waals surface area (Å²) >= 11 is 0. The number of carbonyl (C=O) groups excluding carboxylic acids is 1. The van der Waals surface area contributed by atoms with Gasteiger partial charge in [0.05, 0.1) is 0 Å². The smallest absolute Gasteiger partial charge is 0.380 e. The van der Waals surface area contributed by atoms with Crippen LogP contribution in [-0.4, -0.2) is 33.5 Å². The Morgan fingerprint density at radius 3 is 2.00 bits per heavy atom. The Morgan fingerprint density at radius 2 is 1.68 bits per heavy atom. The zero-order valence-electron chi connectivity index (χ0n) is 12.7. The molecule has 112 valence electrons. The molecule has 0 aliphatic carbocycles. The maximum Gasteiger partial charge on any atom is 0.380 e. The van der Waals surface area contributed by atoms with Crippen molar-refractivity contribution in [3.63, 3.8) is 0 Å². The van der Waals surface area contributed by atoms with Crippen LogP contribution in [0.5, 0.6) is 0 Å². The molecular formula is C14H28O4Si. The van der Waals surface area contributed by atoms with E-state index in [2.05, 4.69) is 20.4 Å². The van der Waals surface area contributed by atoms with Crippen LogP contribution in [-0.2, 0) is 18.4 Å². The summed E-state index contributed by atoms with van der Waals surface area (Å²) in [6.07, 6.45) is 3.75. The van der Waals surface area contributed by atoms with Crippen molar-refractivity contribution in [2.24, 2.45) is 0 Å². The average molecular weight is 288 g/mol. The number of ether oxygens (including phenoxy) is 1. The molecule has 0 saturated heterocycles. The Bertz CT molecular complexity index is 260. The molecule has 0 heterocycles. The fourth-order valence-corrected chi connectivity index (χ4v) is 5.22. The molecule has 0 amide bonds. The van der Waals surface area contributed by atoms with Gasteiger partial charge in [0.2, 0.25) is 0 Å². The first-order valence-electron chi connectivity index (χ1n) is 7.21. The lowest BCUT2D eigenvalue weighted by Crippen LogP contribution is -2.55. The Kier molecular flexibility index (Phi) is 9.82. The third-order valence-corrected chi connectivity index (χ3v) is 6.76. The highest BCUT2D eigenvalue weighted by Crippen LogP contribution is 2.24. The van der Waals surface area contributed by atoms with Crippen LogP contribution in [0.4, 0.5) is 0 Å². The predicted molar refractivity (Wildman–Crippen MR) is 79.1 cm³/mol. The van der Waals surface area contributed by atoms with E-state index in [1.807, 2.05) is 13.8 Å². The van der Waals surface area contributed by atoms with Crippen LogP contribution in [0.1, 0.15) is 47.0 Å². The van der Waals surface area contributed by atoms with Crippen LogP contribution in [0.3, 0.4) is 0 Å². The maximum atomic E-state index is 11.5. The highest BCUT2D eigenvalue weighted by atomic mass is 28.4. The molecule has 0 fully saturated rings. The zero-order valence-corrected chi connectivity index (χ0v) is 13.7. The molecule has 0 N–H and O–H groups in total. The minimum Gasteiger partial charge on any atom is -0.457 e. The summed E-state index contributed by atoms with van der Waals surface area (Å²) < 4.78 is 17.5. The minimum absolute atomic E-state index is 0.277. The average Bonchev–Trinajstić information content (AvgIpc) is 2.45. The Morgan fingerprint density at radius 1 is 1.16 bits per heavy atom. The Labute approximate surface area is 118 Å². The topological polar surface area (TPSA) is 44.8 Å². The van der Waals surface area contributed by atoms with Crippen LogP contribution in [0, 0.1) is 0 Å². The van der Waals surface area contributed by atoms with Crippen LogP contribution in [0.2, 0.25) is 6.04 Å². The third-order valence-electron chi connectivity index (χ3n) is 2.88. The van der Waals surface area contributed by atoms with Gasteiger partial charge in [-0.25, -0.2) is 4.79 Å². The summed E-state index contributed by atoms with van der Waals surface area (Å²) in [7, 11) is -2.51. The number of carbonyl (C=O) groups is 1. The molecule has 0 aromatic carbocycles. The molecule has 0 radical (unpaired) electrons. The molecular weight excluding hydrogens is 260 g/mol. The first kappa shape index (κ1) is 18.3. The Hall–Kier alpha value is -0.653. The van der Waals surface area contributed by atoms with Crippen LogP contribution in [0.25, 0.3) is 0 Å². The van der Waals surface area contributed by atoms with E-state index in [1.54, 1.807) is 0 Å². The normalized spacial score (nSPS) is 13.1. The summed E-state index contributed by atoms with van der Waals surface area (Å²) in [5.41, 5.74) is -0.277. The van der Waals surface area contributed by atoms with Crippen molar-refractivity contribution in [3.05, 3.63) is 12.7 Å². The van der Waals surface area contributed by atoms with Gasteiger partial charge in [0.15, 0.2) is 0 Å². The summed E-state index contributed by atoms with van der Waals surface area (Å²) in [5.74, 6) is -0.405. The fourth-order valence-electron chi connectivity index (χ4n) is 1.88. The number of hydrogen-bond donors (Lipinski definition) is 0. The second-order valence-electron chi connectivity index (χ2n) is 4.40. The summed E-state index contributed by atoms with van der Waals surface area (Å²) in [6, 6.07) is 0.774. The number of esters is 1. The molecule has 0 rings (SSSR count). The van der Waals surface area contributed by atoms with E-state index in [-0.39, 0.29) is 5.73 Å². The maximum absolute atomic E-state index is 11.5. The van der Waals surface area contributed by atoms with Crippen LogP contribution < -0.4 is 0 Å². The minimum atomic E-state index is -2.51. The summed E-state index contributed by atoms with van der Waals surface area (Å²) in [6.45, 7) is 12.9. The van der Waals surface area contributed by atoms with Crippen molar-refractivity contribution >= 4 is 14.5 Å². The van der Waals surface area contributed by atoms with Crippen LogP contribution in [0.15, 0.2) is 12.7 Å². The highest BCUT2D eigenvalue weighted by molar-refractivity contribution is 6.68. The molecule has 5 heteroatoms. The first-order chi connectivity index (χ1) is 9.10. The molecule has 0 spiro atoms. The Balaban J connectivity index is 4.99. The van der Waals surface area contributed by atoms with E-state index in [1.165, 1.54) is 6.08 Å². The van der Waals surface area contributed by atoms with E-state index in [0.29, 0.717) is 19.6 Å². The number of hydrogen-bond acceptors (Lipinski definition) is 4. The van der Waals surface area contributed by atoms with Crippen LogP contribution >= 0.6 is 0 Å². The van der Waals surface area contributed by atoms with Gasteiger partial charge >= 0.3 is 14.5 Å². The lowest BCUT2D eigenvalue weighted by molar-refractivity contribution is -0.141. The van der Waals surface area contributed by atoms with Gasteiger partial charge in [-0.2, -0.15) is 0 Å². The largest absolute Gasteiger partial charge is 0.457 e. The standard InChI is InChI=1S/C14H28O4Si/c1-6-11-16-19(10-5,17-12-7-2)14(9-4)18-13(15)8-3/h8,14H,3,6-7,9-12H2,1-2,4-5H3. The molecule has 0 aliphatic heterocycles. The molecule has 0 aromatic rings. The zero-order chi connectivity index (χ0) is 14.7. The van der Waals surface area contributed by atoms with Crippen molar-refractivity contribution in [1.29, 1.82) is 0 Å². The highest BCUT2D eigenvalue weighted by Gasteiger charge is 2.46. The van der Waals surface area contributed by atoms with Gasteiger partial charge in [0.1, 0.15) is 5.73 Å². The van der Waals surface area contributed by atoms with Gasteiger partial charge < -0.3 is 13.6 Å². The van der Waals surface area contributed by atoms with Gasteiger partial charge in [-0.15, -0.1) is 0 Å². The monoisotopic (exact) mass is 288 g/mol. The lowest BCUT2D eigenvalue weighted by Gasteiger charge is -2.35. The van der Waals surface area contributed by atoms with Gasteiger partial charge in [0, 0.05) is 19.3 Å². The van der Waals surface area contributed by atoms with Crippen molar-refractivity contribution in [3.8, 4) is 0 Å². The first-order valence-corrected chi connectivity index (χ1v) is 9.31. The second-order valence-corrected chi connectivity index (χ2v) is 7.95.